The first-order valence-corrected chi connectivity index (χ1v) is 17.6. The molecule has 0 radical (unpaired) electrons. The molecule has 8 nitrogen and oxygen atoms in total. The van der Waals surface area contributed by atoms with Crippen molar-refractivity contribution in [1.29, 1.82) is 0 Å². The summed E-state index contributed by atoms with van der Waals surface area (Å²) in [5.74, 6) is 0. The fraction of sp³-hybridized carbons (Fsp3) is 0.773. The van der Waals surface area contributed by atoms with Crippen molar-refractivity contribution in [2.45, 2.75) is 96.4 Å². The lowest BCUT2D eigenvalue weighted by Crippen LogP contribution is -2.46. The molecule has 0 amide bonds. The van der Waals surface area contributed by atoms with Crippen LogP contribution in [-0.2, 0) is 18.3 Å². The van der Waals surface area contributed by atoms with E-state index in [-0.39, 0.29) is 22.3 Å². The molecule has 1 aliphatic heterocycles. The predicted octanol–water partition coefficient (Wildman–Crippen LogP) is 5.76. The van der Waals surface area contributed by atoms with Crippen LogP contribution in [0.1, 0.15) is 48.0 Å². The van der Waals surface area contributed by atoms with Crippen LogP contribution in [0, 0.1) is 0 Å². The summed E-state index contributed by atoms with van der Waals surface area (Å²) in [5.41, 5.74) is 1.08. The van der Waals surface area contributed by atoms with Crippen LogP contribution in [0.4, 0.5) is 0 Å². The van der Waals surface area contributed by atoms with Gasteiger partial charge in [-0.05, 0) is 36.3 Å². The minimum atomic E-state index is -1.96. The van der Waals surface area contributed by atoms with Crippen molar-refractivity contribution in [3.05, 3.63) is 17.8 Å². The first-order chi connectivity index (χ1) is 15.0. The van der Waals surface area contributed by atoms with Crippen molar-refractivity contribution in [2.75, 3.05) is 13.2 Å². The number of hydrogen-bond acceptors (Lipinski definition) is 7. The van der Waals surface area contributed by atoms with Gasteiger partial charge in [0.1, 0.15) is 30.4 Å². The number of aromatic nitrogens is 4. The Morgan fingerprint density at radius 1 is 0.879 bits per heavy atom. The summed E-state index contributed by atoms with van der Waals surface area (Å²) in [4.78, 5) is 12.7. The molecule has 2 aromatic rings. The molecule has 0 aliphatic carbocycles. The largest absolute Gasteiger partial charge is 0.414 e. The summed E-state index contributed by atoms with van der Waals surface area (Å²) in [6.45, 7) is 23.2. The van der Waals surface area contributed by atoms with E-state index in [2.05, 4.69) is 82.7 Å². The third-order valence-corrected chi connectivity index (χ3v) is 16.6. The summed E-state index contributed by atoms with van der Waals surface area (Å²) in [6.07, 6.45) is 1.79. The van der Waals surface area contributed by atoms with Crippen molar-refractivity contribution in [2.24, 2.45) is 0 Å². The fourth-order valence-electron chi connectivity index (χ4n) is 2.92. The number of nitrogens with zero attached hydrogens (tertiary/aromatic N) is 4. The maximum absolute atomic E-state index is 6.50. The molecule has 0 spiro atoms. The SMILES string of the molecule is CC(C)(C)[Si](C)(C)OC[C@H]1OC(n2cnc3c(Cl)ncnc32)O[C@@H]1CO[Si](C)(C)C(C)(C)C. The number of fused-ring (bicyclic) bond motifs is 1. The lowest BCUT2D eigenvalue weighted by atomic mass is 10.2. The predicted molar refractivity (Wildman–Crippen MR) is 135 cm³/mol. The second kappa shape index (κ2) is 9.29. The number of ether oxygens (including phenoxy) is 2. The van der Waals surface area contributed by atoms with Crippen LogP contribution >= 0.6 is 11.6 Å². The average Bonchev–Trinajstić information content (AvgIpc) is 3.27. The van der Waals surface area contributed by atoms with Gasteiger partial charge in [0.25, 0.3) is 0 Å². The van der Waals surface area contributed by atoms with E-state index in [1.165, 1.54) is 6.33 Å². The number of imidazole rings is 1. The average molecular weight is 515 g/mol. The molecule has 0 unspecified atom stereocenters. The first kappa shape index (κ1) is 26.7. The molecule has 0 bridgehead atoms. The van der Waals surface area contributed by atoms with Gasteiger partial charge in [-0.3, -0.25) is 4.57 Å². The van der Waals surface area contributed by atoms with E-state index in [9.17, 15) is 0 Å². The molecule has 1 saturated heterocycles. The Morgan fingerprint density at radius 2 is 1.36 bits per heavy atom. The normalized spacial score (nSPS) is 21.3. The zero-order valence-corrected chi connectivity index (χ0v) is 24.4. The van der Waals surface area contributed by atoms with Crippen molar-refractivity contribution in [1.82, 2.24) is 19.5 Å². The highest BCUT2D eigenvalue weighted by Crippen LogP contribution is 2.40. The quantitative estimate of drug-likeness (QED) is 0.343. The summed E-state index contributed by atoms with van der Waals surface area (Å²) in [6, 6.07) is 0. The maximum Gasteiger partial charge on any atom is 0.247 e. The van der Waals surface area contributed by atoms with Gasteiger partial charge in [0.15, 0.2) is 27.4 Å². The molecule has 1 aliphatic rings. The Bertz CT molecular complexity index is 933. The molecule has 3 heterocycles. The van der Waals surface area contributed by atoms with Crippen molar-refractivity contribution < 1.29 is 18.3 Å². The second-order valence-electron chi connectivity index (χ2n) is 11.8. The fourth-order valence-corrected chi connectivity index (χ4v) is 5.13. The van der Waals surface area contributed by atoms with Crippen molar-refractivity contribution in [3.63, 3.8) is 0 Å². The molecule has 0 aromatic carbocycles. The Balaban J connectivity index is 1.82. The van der Waals surface area contributed by atoms with Gasteiger partial charge >= 0.3 is 0 Å². The highest BCUT2D eigenvalue weighted by atomic mass is 35.5. The Hall–Kier alpha value is -0.886. The van der Waals surface area contributed by atoms with Crippen LogP contribution in [0.15, 0.2) is 12.7 Å². The lowest BCUT2D eigenvalue weighted by Gasteiger charge is -2.38. The highest BCUT2D eigenvalue weighted by Gasteiger charge is 2.44. The van der Waals surface area contributed by atoms with E-state index in [1.54, 1.807) is 10.9 Å². The molecule has 186 valence electrons. The Morgan fingerprint density at radius 3 is 1.82 bits per heavy atom. The third kappa shape index (κ3) is 5.68. The smallest absolute Gasteiger partial charge is 0.247 e. The molecule has 0 N–H and O–H groups in total. The topological polar surface area (TPSA) is 80.5 Å². The molecule has 3 rings (SSSR count). The molecule has 2 aromatic heterocycles. The lowest BCUT2D eigenvalue weighted by molar-refractivity contribution is -0.125. The summed E-state index contributed by atoms with van der Waals surface area (Å²) in [5, 5.41) is 0.507. The van der Waals surface area contributed by atoms with Gasteiger partial charge < -0.3 is 18.3 Å². The van der Waals surface area contributed by atoms with Crippen LogP contribution in [-0.4, -0.2) is 61.6 Å². The number of halogens is 1. The number of rotatable bonds is 7. The standard InChI is InChI=1S/C22H39ClN4O4Si2/c1-21(2,3)32(7,8)28-11-15-16(12-29-33(9,10)22(4,5)6)31-20(30-15)27-14-26-17-18(23)24-13-25-19(17)27/h13-16,20H,11-12H2,1-10H3/t15-,16-/m1/s1. The van der Waals surface area contributed by atoms with E-state index in [0.717, 1.165) is 0 Å². The van der Waals surface area contributed by atoms with E-state index >= 15 is 0 Å². The van der Waals surface area contributed by atoms with E-state index < -0.39 is 23.0 Å². The van der Waals surface area contributed by atoms with Crippen molar-refractivity contribution in [3.8, 4) is 0 Å². The molecule has 11 heteroatoms. The van der Waals surface area contributed by atoms with Crippen LogP contribution in [0.3, 0.4) is 0 Å². The third-order valence-electron chi connectivity index (χ3n) is 7.37. The second-order valence-corrected chi connectivity index (χ2v) is 21.8. The van der Waals surface area contributed by atoms with Gasteiger partial charge in [-0.1, -0.05) is 53.1 Å². The molecule has 0 saturated carbocycles. The van der Waals surface area contributed by atoms with Crippen molar-refractivity contribution >= 4 is 39.4 Å². The minimum absolute atomic E-state index is 0.104. The Kier molecular flexibility index (Phi) is 7.52. The number of hydrogen-bond donors (Lipinski definition) is 0. The van der Waals surface area contributed by atoms with Gasteiger partial charge in [0.2, 0.25) is 6.41 Å². The summed E-state index contributed by atoms with van der Waals surface area (Å²) >= 11 is 6.18. The molecule has 2 atom stereocenters. The Labute approximate surface area is 204 Å². The van der Waals surface area contributed by atoms with Crippen LogP contribution in [0.5, 0.6) is 0 Å². The molecule has 1 fully saturated rings. The van der Waals surface area contributed by atoms with Gasteiger partial charge in [0, 0.05) is 0 Å². The van der Waals surface area contributed by atoms with E-state index in [4.69, 9.17) is 29.9 Å². The zero-order valence-electron chi connectivity index (χ0n) is 21.6. The highest BCUT2D eigenvalue weighted by molar-refractivity contribution is 6.74. The molecular formula is C22H39ClN4O4Si2. The molecular weight excluding hydrogens is 476 g/mol. The van der Waals surface area contributed by atoms with E-state index in [1.807, 2.05) is 0 Å². The molecule has 33 heavy (non-hydrogen) atoms. The zero-order chi connectivity index (χ0) is 24.8. The monoisotopic (exact) mass is 514 g/mol. The summed E-state index contributed by atoms with van der Waals surface area (Å²) < 4.78 is 27.5. The van der Waals surface area contributed by atoms with Gasteiger partial charge in [-0.2, -0.15) is 0 Å². The van der Waals surface area contributed by atoms with Crippen LogP contribution in [0.25, 0.3) is 11.2 Å². The van der Waals surface area contributed by atoms with Gasteiger partial charge in [-0.15, -0.1) is 0 Å². The minimum Gasteiger partial charge on any atom is -0.414 e. The summed E-state index contributed by atoms with van der Waals surface area (Å²) in [7, 11) is -3.91. The maximum atomic E-state index is 6.50. The van der Waals surface area contributed by atoms with Gasteiger partial charge in [0.05, 0.1) is 13.2 Å². The van der Waals surface area contributed by atoms with E-state index in [0.29, 0.717) is 29.5 Å². The van der Waals surface area contributed by atoms with Crippen LogP contribution in [0.2, 0.25) is 41.4 Å². The first-order valence-electron chi connectivity index (χ1n) is 11.5. The van der Waals surface area contributed by atoms with Crippen LogP contribution < -0.4 is 0 Å². The van der Waals surface area contributed by atoms with Gasteiger partial charge in [-0.25, -0.2) is 15.0 Å².